The van der Waals surface area contributed by atoms with E-state index >= 15 is 0 Å². The number of hydrogen-bond acceptors (Lipinski definition) is 6. The smallest absolute Gasteiger partial charge is 0.265 e. The van der Waals surface area contributed by atoms with Crippen LogP contribution < -0.4 is 11.5 Å². The van der Waals surface area contributed by atoms with Crippen molar-refractivity contribution in [2.75, 3.05) is 17.7 Å². The van der Waals surface area contributed by atoms with Gasteiger partial charge in [0.05, 0.1) is 17.5 Å². The van der Waals surface area contributed by atoms with Crippen molar-refractivity contribution in [3.8, 4) is 0 Å². The summed E-state index contributed by atoms with van der Waals surface area (Å²) >= 11 is 0. The highest BCUT2D eigenvalue weighted by Gasteiger charge is 2.20. The summed E-state index contributed by atoms with van der Waals surface area (Å²) in [6.07, 6.45) is 1.15. The summed E-state index contributed by atoms with van der Waals surface area (Å²) < 4.78 is 22.9. The quantitative estimate of drug-likeness (QED) is 0.729. The first-order valence-corrected chi connectivity index (χ1v) is 7.06. The SMILES string of the molecule is Cc1cc(N)n(C(=O)[C@@H](N)CCS(C)(=O)=O)n1. The summed E-state index contributed by atoms with van der Waals surface area (Å²) in [6, 6.07) is 0.618. The number of nitrogens with two attached hydrogens (primary N) is 2. The predicted octanol–water partition coefficient (Wildman–Crippen LogP) is -0.824. The van der Waals surface area contributed by atoms with Crippen molar-refractivity contribution < 1.29 is 13.2 Å². The van der Waals surface area contributed by atoms with Crippen molar-refractivity contribution in [3.63, 3.8) is 0 Å². The molecule has 0 fully saturated rings. The molecule has 0 unspecified atom stereocenters. The molecule has 96 valence electrons. The second-order valence-corrected chi connectivity index (χ2v) is 6.25. The Morgan fingerprint density at radius 3 is 2.59 bits per heavy atom. The van der Waals surface area contributed by atoms with Gasteiger partial charge in [0.2, 0.25) is 0 Å². The fourth-order valence-electron chi connectivity index (χ4n) is 1.32. The molecule has 1 aromatic heterocycles. The zero-order chi connectivity index (χ0) is 13.2. The van der Waals surface area contributed by atoms with Crippen LogP contribution >= 0.6 is 0 Å². The molecular weight excluding hydrogens is 244 g/mol. The number of aryl methyl sites for hydroxylation is 1. The summed E-state index contributed by atoms with van der Waals surface area (Å²) in [4.78, 5) is 11.8. The second-order valence-electron chi connectivity index (χ2n) is 3.99. The second kappa shape index (κ2) is 4.84. The standard InChI is InChI=1S/C9H16N4O3S/c1-6-5-8(11)13(12-6)9(14)7(10)3-4-17(2,15)16/h5,7H,3-4,10-11H2,1-2H3/t7-/m0/s1. The van der Waals surface area contributed by atoms with E-state index < -0.39 is 21.8 Å². The number of nitrogen functional groups attached to an aromatic ring is 1. The molecule has 7 nitrogen and oxygen atoms in total. The van der Waals surface area contributed by atoms with Crippen molar-refractivity contribution in [2.24, 2.45) is 5.73 Å². The molecule has 0 bridgehead atoms. The Hall–Kier alpha value is -1.41. The Morgan fingerprint density at radius 2 is 2.18 bits per heavy atom. The average molecular weight is 260 g/mol. The lowest BCUT2D eigenvalue weighted by atomic mass is 10.2. The lowest BCUT2D eigenvalue weighted by molar-refractivity contribution is 0.0864. The van der Waals surface area contributed by atoms with E-state index in [4.69, 9.17) is 11.5 Å². The van der Waals surface area contributed by atoms with Crippen molar-refractivity contribution in [1.82, 2.24) is 9.78 Å². The molecule has 1 atom stereocenters. The summed E-state index contributed by atoms with van der Waals surface area (Å²) in [6.45, 7) is 1.70. The highest BCUT2D eigenvalue weighted by atomic mass is 32.2. The zero-order valence-corrected chi connectivity index (χ0v) is 10.6. The molecule has 0 amide bonds. The van der Waals surface area contributed by atoms with Gasteiger partial charge in [-0.1, -0.05) is 0 Å². The lowest BCUT2D eigenvalue weighted by Gasteiger charge is -2.10. The van der Waals surface area contributed by atoms with Gasteiger partial charge < -0.3 is 11.5 Å². The summed E-state index contributed by atoms with van der Waals surface area (Å²) in [5.74, 6) is -0.443. The van der Waals surface area contributed by atoms with Gasteiger partial charge in [0, 0.05) is 12.3 Å². The molecule has 0 aliphatic carbocycles. The average Bonchev–Trinajstić information content (AvgIpc) is 2.52. The van der Waals surface area contributed by atoms with Gasteiger partial charge in [-0.3, -0.25) is 4.79 Å². The molecule has 1 aromatic rings. The van der Waals surface area contributed by atoms with E-state index in [1.54, 1.807) is 13.0 Å². The van der Waals surface area contributed by atoms with Gasteiger partial charge in [-0.05, 0) is 13.3 Å². The Bertz CT molecular complexity index is 520. The number of carbonyl (C=O) groups excluding carboxylic acids is 1. The number of aromatic nitrogens is 2. The fraction of sp³-hybridized carbons (Fsp3) is 0.556. The van der Waals surface area contributed by atoms with Gasteiger partial charge in [0.1, 0.15) is 15.7 Å². The van der Waals surface area contributed by atoms with Crippen molar-refractivity contribution in [1.29, 1.82) is 0 Å². The number of hydrogen-bond donors (Lipinski definition) is 2. The number of sulfone groups is 1. The Balaban J connectivity index is 2.74. The van der Waals surface area contributed by atoms with Gasteiger partial charge in [0.15, 0.2) is 0 Å². The third-order valence-electron chi connectivity index (χ3n) is 2.18. The molecule has 1 heterocycles. The van der Waals surface area contributed by atoms with Gasteiger partial charge >= 0.3 is 0 Å². The molecule has 0 saturated carbocycles. The molecular formula is C9H16N4O3S. The minimum Gasteiger partial charge on any atom is -0.383 e. The maximum absolute atomic E-state index is 11.8. The third-order valence-corrected chi connectivity index (χ3v) is 3.16. The van der Waals surface area contributed by atoms with E-state index in [2.05, 4.69) is 5.10 Å². The first-order valence-electron chi connectivity index (χ1n) is 5.00. The summed E-state index contributed by atoms with van der Waals surface area (Å²) in [5, 5.41) is 3.89. The van der Waals surface area contributed by atoms with Crippen LogP contribution in [0.4, 0.5) is 5.82 Å². The van der Waals surface area contributed by atoms with E-state index in [1.807, 2.05) is 0 Å². The normalized spacial score (nSPS) is 13.6. The number of nitrogens with zero attached hydrogens (tertiary/aromatic N) is 2. The maximum Gasteiger partial charge on any atom is 0.265 e. The van der Waals surface area contributed by atoms with E-state index in [9.17, 15) is 13.2 Å². The van der Waals surface area contributed by atoms with E-state index in [-0.39, 0.29) is 18.0 Å². The molecule has 0 aliphatic heterocycles. The van der Waals surface area contributed by atoms with Crippen LogP contribution in [-0.4, -0.2) is 42.2 Å². The summed E-state index contributed by atoms with van der Waals surface area (Å²) in [7, 11) is -3.13. The van der Waals surface area contributed by atoms with E-state index in [1.165, 1.54) is 0 Å². The molecule has 0 aliphatic rings. The van der Waals surface area contributed by atoms with Gasteiger partial charge in [-0.2, -0.15) is 9.78 Å². The zero-order valence-electron chi connectivity index (χ0n) is 9.75. The Kier molecular flexibility index (Phi) is 3.89. The van der Waals surface area contributed by atoms with Crippen molar-refractivity contribution in [3.05, 3.63) is 11.8 Å². The Labute approximate surface area is 99.7 Å². The molecule has 8 heteroatoms. The lowest BCUT2D eigenvalue weighted by Crippen LogP contribution is -2.37. The molecule has 17 heavy (non-hydrogen) atoms. The highest BCUT2D eigenvalue weighted by Crippen LogP contribution is 2.07. The maximum atomic E-state index is 11.8. The van der Waals surface area contributed by atoms with Crippen LogP contribution in [0.2, 0.25) is 0 Å². The third kappa shape index (κ3) is 3.82. The number of anilines is 1. The molecule has 0 aromatic carbocycles. The van der Waals surface area contributed by atoms with Crippen LogP contribution in [0.5, 0.6) is 0 Å². The topological polar surface area (TPSA) is 121 Å². The van der Waals surface area contributed by atoms with Crippen LogP contribution in [0.1, 0.15) is 16.9 Å². The molecule has 0 radical (unpaired) electrons. The largest absolute Gasteiger partial charge is 0.383 e. The minimum atomic E-state index is -3.13. The van der Waals surface area contributed by atoms with Crippen LogP contribution in [0, 0.1) is 6.92 Å². The molecule has 0 saturated heterocycles. The highest BCUT2D eigenvalue weighted by molar-refractivity contribution is 7.90. The molecule has 1 rings (SSSR count). The predicted molar refractivity (Wildman–Crippen MR) is 64.3 cm³/mol. The number of rotatable bonds is 4. The van der Waals surface area contributed by atoms with Crippen molar-refractivity contribution >= 4 is 21.6 Å². The molecule has 0 spiro atoms. The monoisotopic (exact) mass is 260 g/mol. The van der Waals surface area contributed by atoms with Crippen LogP contribution in [0.15, 0.2) is 6.07 Å². The van der Waals surface area contributed by atoms with Gasteiger partial charge in [-0.15, -0.1) is 0 Å². The van der Waals surface area contributed by atoms with Crippen LogP contribution in [-0.2, 0) is 9.84 Å². The van der Waals surface area contributed by atoms with E-state index in [0.29, 0.717) is 5.69 Å². The first kappa shape index (κ1) is 13.7. The van der Waals surface area contributed by atoms with Gasteiger partial charge in [0.25, 0.3) is 5.91 Å². The fourth-order valence-corrected chi connectivity index (χ4v) is 2.00. The van der Waals surface area contributed by atoms with Gasteiger partial charge in [-0.25, -0.2) is 8.42 Å². The summed E-state index contributed by atoms with van der Waals surface area (Å²) in [5.41, 5.74) is 11.8. The first-order chi connectivity index (χ1) is 7.70. The van der Waals surface area contributed by atoms with Crippen LogP contribution in [0.25, 0.3) is 0 Å². The van der Waals surface area contributed by atoms with Crippen LogP contribution in [0.3, 0.4) is 0 Å². The molecule has 4 N–H and O–H groups in total. The Morgan fingerprint density at radius 1 is 1.59 bits per heavy atom. The van der Waals surface area contributed by atoms with E-state index in [0.717, 1.165) is 10.9 Å². The minimum absolute atomic E-state index is 0.0516. The van der Waals surface area contributed by atoms with Crippen molar-refractivity contribution in [2.45, 2.75) is 19.4 Å². The number of carbonyl (C=O) groups is 1.